The molecule has 0 aliphatic heterocycles. The summed E-state index contributed by atoms with van der Waals surface area (Å²) in [6, 6.07) is 17.7. The number of benzene rings is 3. The molecule has 0 radical (unpaired) electrons. The standard InChI is InChI=1S/C20H18N2O4S/c1-13-12-16(23)10-11-18(13)22-20(24)15-8-6-14(7-9-15)17-4-2-3-5-19(17)27(21,25)26/h2-12,23H,1H3,(H,22,24)(H2,21,25,26). The highest BCUT2D eigenvalue weighted by molar-refractivity contribution is 7.89. The molecule has 0 fully saturated rings. The maximum atomic E-state index is 12.4. The first-order chi connectivity index (χ1) is 12.8. The van der Waals surface area contributed by atoms with Crippen molar-refractivity contribution in [1.29, 1.82) is 0 Å². The van der Waals surface area contributed by atoms with E-state index in [4.69, 9.17) is 5.14 Å². The number of aromatic hydroxyl groups is 1. The second kappa shape index (κ2) is 7.22. The molecule has 0 saturated heterocycles. The second-order valence-corrected chi connectivity index (χ2v) is 7.60. The molecule has 0 spiro atoms. The Bertz CT molecular complexity index is 1110. The van der Waals surface area contributed by atoms with Crippen LogP contribution in [0.2, 0.25) is 0 Å². The number of anilines is 1. The number of hydrogen-bond acceptors (Lipinski definition) is 4. The number of aryl methyl sites for hydroxylation is 1. The van der Waals surface area contributed by atoms with Crippen LogP contribution < -0.4 is 10.5 Å². The first-order valence-electron chi connectivity index (χ1n) is 8.09. The second-order valence-electron chi connectivity index (χ2n) is 6.07. The largest absolute Gasteiger partial charge is 0.508 e. The number of carbonyl (C=O) groups excluding carboxylic acids is 1. The van der Waals surface area contributed by atoms with Gasteiger partial charge in [0.15, 0.2) is 0 Å². The van der Waals surface area contributed by atoms with Gasteiger partial charge in [-0.25, -0.2) is 13.6 Å². The Morgan fingerprint density at radius 2 is 1.67 bits per heavy atom. The number of primary sulfonamides is 1. The average Bonchev–Trinajstić information content (AvgIpc) is 2.63. The number of nitrogens with one attached hydrogen (secondary N) is 1. The predicted octanol–water partition coefficient (Wildman–Crippen LogP) is 3.27. The molecule has 4 N–H and O–H groups in total. The number of hydrogen-bond donors (Lipinski definition) is 3. The van der Waals surface area contributed by atoms with Gasteiger partial charge in [0.1, 0.15) is 5.75 Å². The van der Waals surface area contributed by atoms with Crippen LogP contribution in [0.15, 0.2) is 71.6 Å². The van der Waals surface area contributed by atoms with Crippen molar-refractivity contribution in [2.75, 3.05) is 5.32 Å². The van der Waals surface area contributed by atoms with E-state index in [9.17, 15) is 18.3 Å². The fraction of sp³-hybridized carbons (Fsp3) is 0.0500. The Labute approximate surface area is 157 Å². The van der Waals surface area contributed by atoms with Crippen molar-refractivity contribution in [1.82, 2.24) is 0 Å². The lowest BCUT2D eigenvalue weighted by Gasteiger charge is -2.10. The maximum absolute atomic E-state index is 12.4. The Balaban J connectivity index is 1.87. The molecule has 138 valence electrons. The monoisotopic (exact) mass is 382 g/mol. The smallest absolute Gasteiger partial charge is 0.255 e. The molecular formula is C20H18N2O4S. The molecule has 0 atom stereocenters. The summed E-state index contributed by atoms with van der Waals surface area (Å²) in [7, 11) is -3.86. The zero-order valence-electron chi connectivity index (χ0n) is 14.5. The molecule has 0 aliphatic carbocycles. The lowest BCUT2D eigenvalue weighted by molar-refractivity contribution is 0.102. The van der Waals surface area contributed by atoms with Gasteiger partial charge in [-0.15, -0.1) is 0 Å². The lowest BCUT2D eigenvalue weighted by atomic mass is 10.0. The number of sulfonamides is 1. The third kappa shape index (κ3) is 4.16. The highest BCUT2D eigenvalue weighted by Crippen LogP contribution is 2.27. The number of carbonyl (C=O) groups is 1. The number of rotatable bonds is 4. The number of phenolic OH excluding ortho intramolecular Hbond substituents is 1. The quantitative estimate of drug-likeness (QED) is 0.602. The molecule has 0 heterocycles. The minimum Gasteiger partial charge on any atom is -0.508 e. The van der Waals surface area contributed by atoms with Crippen LogP contribution in [-0.2, 0) is 10.0 Å². The van der Waals surface area contributed by atoms with Crippen LogP contribution in [0.25, 0.3) is 11.1 Å². The molecule has 0 aromatic heterocycles. The van der Waals surface area contributed by atoms with Gasteiger partial charge in [-0.1, -0.05) is 30.3 Å². The molecule has 0 saturated carbocycles. The fourth-order valence-corrected chi connectivity index (χ4v) is 3.50. The van der Waals surface area contributed by atoms with Crippen molar-refractivity contribution >= 4 is 21.6 Å². The summed E-state index contributed by atoms with van der Waals surface area (Å²) >= 11 is 0. The van der Waals surface area contributed by atoms with Gasteiger partial charge in [-0.05, 0) is 54.4 Å². The van der Waals surface area contributed by atoms with Gasteiger partial charge in [0.2, 0.25) is 10.0 Å². The molecule has 3 rings (SSSR count). The zero-order valence-corrected chi connectivity index (χ0v) is 15.3. The molecule has 1 amide bonds. The summed E-state index contributed by atoms with van der Waals surface area (Å²) in [6.07, 6.45) is 0. The Morgan fingerprint density at radius 1 is 1.00 bits per heavy atom. The topological polar surface area (TPSA) is 109 Å². The summed E-state index contributed by atoms with van der Waals surface area (Å²) in [5.41, 5.74) is 2.86. The van der Waals surface area contributed by atoms with Crippen molar-refractivity contribution in [2.24, 2.45) is 5.14 Å². The van der Waals surface area contributed by atoms with Gasteiger partial charge in [0.05, 0.1) is 4.90 Å². The molecular weight excluding hydrogens is 364 g/mol. The first-order valence-corrected chi connectivity index (χ1v) is 9.63. The first kappa shape index (κ1) is 18.6. The van der Waals surface area contributed by atoms with Gasteiger partial charge in [-0.3, -0.25) is 4.79 Å². The lowest BCUT2D eigenvalue weighted by Crippen LogP contribution is -2.13. The van der Waals surface area contributed by atoms with Crippen molar-refractivity contribution in [3.05, 3.63) is 77.9 Å². The summed E-state index contributed by atoms with van der Waals surface area (Å²) in [5.74, 6) is -0.182. The van der Waals surface area contributed by atoms with E-state index in [0.29, 0.717) is 22.4 Å². The Kier molecular flexibility index (Phi) is 4.98. The fourth-order valence-electron chi connectivity index (χ4n) is 2.74. The summed E-state index contributed by atoms with van der Waals surface area (Å²) < 4.78 is 23.5. The van der Waals surface area contributed by atoms with Gasteiger partial charge in [0, 0.05) is 16.8 Å². The Hall–Kier alpha value is -3.16. The van der Waals surface area contributed by atoms with Crippen molar-refractivity contribution in [2.45, 2.75) is 11.8 Å². The van der Waals surface area contributed by atoms with Gasteiger partial charge in [-0.2, -0.15) is 0 Å². The van der Waals surface area contributed by atoms with E-state index in [-0.39, 0.29) is 16.6 Å². The molecule has 27 heavy (non-hydrogen) atoms. The number of phenols is 1. The normalized spacial score (nSPS) is 11.2. The van der Waals surface area contributed by atoms with Crippen LogP contribution in [-0.4, -0.2) is 19.4 Å². The third-order valence-electron chi connectivity index (χ3n) is 4.11. The van der Waals surface area contributed by atoms with E-state index in [1.807, 2.05) is 0 Å². The van der Waals surface area contributed by atoms with Crippen LogP contribution in [0.3, 0.4) is 0 Å². The highest BCUT2D eigenvalue weighted by atomic mass is 32.2. The molecule has 3 aromatic rings. The van der Waals surface area contributed by atoms with Crippen LogP contribution in [0.1, 0.15) is 15.9 Å². The minimum atomic E-state index is -3.86. The third-order valence-corrected chi connectivity index (χ3v) is 5.08. The Morgan fingerprint density at radius 3 is 2.30 bits per heavy atom. The van der Waals surface area contributed by atoms with E-state index < -0.39 is 10.0 Å². The molecule has 3 aromatic carbocycles. The van der Waals surface area contributed by atoms with E-state index >= 15 is 0 Å². The van der Waals surface area contributed by atoms with Crippen molar-refractivity contribution < 1.29 is 18.3 Å². The van der Waals surface area contributed by atoms with E-state index in [1.54, 1.807) is 61.5 Å². The zero-order chi connectivity index (χ0) is 19.6. The van der Waals surface area contributed by atoms with Crippen LogP contribution in [0, 0.1) is 6.92 Å². The number of nitrogens with two attached hydrogens (primary N) is 1. The van der Waals surface area contributed by atoms with E-state index in [0.717, 1.165) is 5.56 Å². The van der Waals surface area contributed by atoms with Gasteiger partial charge >= 0.3 is 0 Å². The van der Waals surface area contributed by atoms with Crippen LogP contribution in [0.5, 0.6) is 5.75 Å². The van der Waals surface area contributed by atoms with Gasteiger partial charge < -0.3 is 10.4 Å². The van der Waals surface area contributed by atoms with E-state index in [1.165, 1.54) is 12.1 Å². The van der Waals surface area contributed by atoms with Crippen molar-refractivity contribution in [3.8, 4) is 16.9 Å². The van der Waals surface area contributed by atoms with Crippen LogP contribution in [0.4, 0.5) is 5.69 Å². The van der Waals surface area contributed by atoms with Crippen molar-refractivity contribution in [3.63, 3.8) is 0 Å². The summed E-state index contributed by atoms with van der Waals surface area (Å²) in [4.78, 5) is 12.5. The molecule has 7 heteroatoms. The SMILES string of the molecule is Cc1cc(O)ccc1NC(=O)c1ccc(-c2ccccc2S(N)(=O)=O)cc1. The van der Waals surface area contributed by atoms with Crippen LogP contribution >= 0.6 is 0 Å². The van der Waals surface area contributed by atoms with E-state index in [2.05, 4.69) is 5.32 Å². The highest BCUT2D eigenvalue weighted by Gasteiger charge is 2.15. The molecule has 6 nitrogen and oxygen atoms in total. The molecule has 0 unspecified atom stereocenters. The predicted molar refractivity (Wildman–Crippen MR) is 104 cm³/mol. The maximum Gasteiger partial charge on any atom is 0.255 e. The summed E-state index contributed by atoms with van der Waals surface area (Å²) in [6.45, 7) is 1.78. The number of amides is 1. The average molecular weight is 382 g/mol. The molecule has 0 aliphatic rings. The minimum absolute atomic E-state index is 0.0296. The van der Waals surface area contributed by atoms with Gasteiger partial charge in [0.25, 0.3) is 5.91 Å². The molecule has 0 bridgehead atoms. The summed E-state index contributed by atoms with van der Waals surface area (Å²) in [5, 5.41) is 17.5.